The van der Waals surface area contributed by atoms with Crippen LogP contribution in [-0.4, -0.2) is 34.0 Å². The molecule has 0 saturated carbocycles. The maximum Gasteiger partial charge on any atom is 0.161 e. The molecule has 120 valence electrons. The highest BCUT2D eigenvalue weighted by atomic mass is 16.5. The Morgan fingerprint density at radius 1 is 1.05 bits per heavy atom. The second-order valence-electron chi connectivity index (χ2n) is 6.31. The van der Waals surface area contributed by atoms with Crippen molar-refractivity contribution in [3.8, 4) is 11.5 Å². The van der Waals surface area contributed by atoms with Crippen molar-refractivity contribution in [3.05, 3.63) is 23.8 Å². The van der Waals surface area contributed by atoms with Gasteiger partial charge in [0.25, 0.3) is 0 Å². The lowest BCUT2D eigenvalue weighted by Gasteiger charge is -2.19. The van der Waals surface area contributed by atoms with E-state index in [9.17, 15) is 0 Å². The molecule has 1 rings (SSSR count). The van der Waals surface area contributed by atoms with Gasteiger partial charge in [-0.15, -0.1) is 0 Å². The highest BCUT2D eigenvalue weighted by Gasteiger charge is 2.11. The Hall–Kier alpha value is -1.26. The summed E-state index contributed by atoms with van der Waals surface area (Å²) in [4.78, 5) is 0. The van der Waals surface area contributed by atoms with Gasteiger partial charge in [0, 0.05) is 20.2 Å². The maximum atomic E-state index is 5.89. The summed E-state index contributed by atoms with van der Waals surface area (Å²) >= 11 is 0. The minimum atomic E-state index is 0.270. The van der Waals surface area contributed by atoms with Crippen LogP contribution in [0.1, 0.15) is 32.8 Å². The van der Waals surface area contributed by atoms with E-state index in [4.69, 9.17) is 14.2 Å². The zero-order chi connectivity index (χ0) is 15.7. The molecule has 0 fully saturated rings. The number of nitrogens with one attached hydrogen (secondary N) is 1. The van der Waals surface area contributed by atoms with E-state index in [-0.39, 0.29) is 5.41 Å². The predicted molar refractivity (Wildman–Crippen MR) is 86.1 cm³/mol. The van der Waals surface area contributed by atoms with E-state index in [2.05, 4.69) is 32.2 Å². The van der Waals surface area contributed by atoms with Crippen LogP contribution in [0.3, 0.4) is 0 Å². The van der Waals surface area contributed by atoms with Crippen molar-refractivity contribution in [1.82, 2.24) is 5.32 Å². The first-order valence-corrected chi connectivity index (χ1v) is 7.45. The molecule has 0 bridgehead atoms. The van der Waals surface area contributed by atoms with Crippen LogP contribution >= 0.6 is 0 Å². The summed E-state index contributed by atoms with van der Waals surface area (Å²) < 4.78 is 16.3. The number of methoxy groups -OCH3 is 2. The van der Waals surface area contributed by atoms with Crippen molar-refractivity contribution in [1.29, 1.82) is 0 Å². The third kappa shape index (κ3) is 7.34. The SMILES string of the molecule is COCCNCc1ccc(OC)c(OCCC(C)(C)C)c1. The summed E-state index contributed by atoms with van der Waals surface area (Å²) in [5, 5.41) is 3.33. The molecule has 0 radical (unpaired) electrons. The molecule has 1 N–H and O–H groups in total. The first kappa shape index (κ1) is 17.8. The minimum Gasteiger partial charge on any atom is -0.493 e. The summed E-state index contributed by atoms with van der Waals surface area (Å²) in [5.74, 6) is 1.59. The van der Waals surface area contributed by atoms with E-state index in [0.29, 0.717) is 13.2 Å². The van der Waals surface area contributed by atoms with E-state index in [1.54, 1.807) is 14.2 Å². The van der Waals surface area contributed by atoms with E-state index >= 15 is 0 Å². The van der Waals surface area contributed by atoms with Gasteiger partial charge in [0.15, 0.2) is 11.5 Å². The van der Waals surface area contributed by atoms with Crippen molar-refractivity contribution in [2.75, 3.05) is 34.0 Å². The van der Waals surface area contributed by atoms with Gasteiger partial charge in [-0.2, -0.15) is 0 Å². The summed E-state index contributed by atoms with van der Waals surface area (Å²) in [7, 11) is 3.37. The third-order valence-electron chi connectivity index (χ3n) is 3.15. The number of rotatable bonds is 9. The van der Waals surface area contributed by atoms with Crippen LogP contribution in [0.25, 0.3) is 0 Å². The fraction of sp³-hybridized carbons (Fsp3) is 0.647. The van der Waals surface area contributed by atoms with Crippen molar-refractivity contribution in [2.24, 2.45) is 5.41 Å². The molecule has 1 aromatic rings. The smallest absolute Gasteiger partial charge is 0.161 e. The zero-order valence-corrected chi connectivity index (χ0v) is 14.0. The molecular formula is C17H29NO3. The van der Waals surface area contributed by atoms with Gasteiger partial charge in [0.2, 0.25) is 0 Å². The minimum absolute atomic E-state index is 0.270. The van der Waals surface area contributed by atoms with Crippen LogP contribution in [0.5, 0.6) is 11.5 Å². The summed E-state index contributed by atoms with van der Waals surface area (Å²) in [6.07, 6.45) is 1.01. The Bertz CT molecular complexity index is 413. The monoisotopic (exact) mass is 295 g/mol. The summed E-state index contributed by atoms with van der Waals surface area (Å²) in [6, 6.07) is 6.05. The zero-order valence-electron chi connectivity index (χ0n) is 14.0. The molecule has 0 aliphatic heterocycles. The number of benzene rings is 1. The molecule has 0 unspecified atom stereocenters. The average Bonchev–Trinajstić information content (AvgIpc) is 2.42. The molecule has 1 aromatic carbocycles. The molecule has 4 heteroatoms. The molecule has 0 amide bonds. The first-order valence-electron chi connectivity index (χ1n) is 7.45. The highest BCUT2D eigenvalue weighted by molar-refractivity contribution is 5.42. The molecule has 21 heavy (non-hydrogen) atoms. The average molecular weight is 295 g/mol. The van der Waals surface area contributed by atoms with Gasteiger partial charge < -0.3 is 19.5 Å². The van der Waals surface area contributed by atoms with Crippen LogP contribution in [0.4, 0.5) is 0 Å². The van der Waals surface area contributed by atoms with Gasteiger partial charge in [-0.05, 0) is 29.5 Å². The largest absolute Gasteiger partial charge is 0.493 e. The fourth-order valence-electron chi connectivity index (χ4n) is 1.82. The Morgan fingerprint density at radius 3 is 2.43 bits per heavy atom. The molecular weight excluding hydrogens is 266 g/mol. The molecule has 0 atom stereocenters. The quantitative estimate of drug-likeness (QED) is 0.710. The highest BCUT2D eigenvalue weighted by Crippen LogP contribution is 2.29. The summed E-state index contributed by atoms with van der Waals surface area (Å²) in [5.41, 5.74) is 1.45. The molecule has 0 saturated heterocycles. The van der Waals surface area contributed by atoms with Crippen molar-refractivity contribution < 1.29 is 14.2 Å². The van der Waals surface area contributed by atoms with Crippen molar-refractivity contribution >= 4 is 0 Å². The number of ether oxygens (including phenoxy) is 3. The van der Waals surface area contributed by atoms with Crippen molar-refractivity contribution in [2.45, 2.75) is 33.7 Å². The fourth-order valence-corrected chi connectivity index (χ4v) is 1.82. The molecule has 0 aromatic heterocycles. The molecule has 0 aliphatic rings. The van der Waals surface area contributed by atoms with Crippen LogP contribution < -0.4 is 14.8 Å². The van der Waals surface area contributed by atoms with Crippen LogP contribution in [0.2, 0.25) is 0 Å². The van der Waals surface area contributed by atoms with E-state index in [1.807, 2.05) is 12.1 Å². The van der Waals surface area contributed by atoms with Gasteiger partial charge in [-0.3, -0.25) is 0 Å². The van der Waals surface area contributed by atoms with Crippen LogP contribution in [0.15, 0.2) is 18.2 Å². The Balaban J connectivity index is 2.58. The van der Waals surface area contributed by atoms with E-state index in [0.717, 1.165) is 31.0 Å². The van der Waals surface area contributed by atoms with Gasteiger partial charge >= 0.3 is 0 Å². The number of hydrogen-bond acceptors (Lipinski definition) is 4. The normalized spacial score (nSPS) is 11.5. The third-order valence-corrected chi connectivity index (χ3v) is 3.15. The van der Waals surface area contributed by atoms with Gasteiger partial charge in [-0.25, -0.2) is 0 Å². The van der Waals surface area contributed by atoms with Crippen molar-refractivity contribution in [3.63, 3.8) is 0 Å². The molecule has 0 heterocycles. The lowest BCUT2D eigenvalue weighted by molar-refractivity contribution is 0.199. The molecule has 0 spiro atoms. The Morgan fingerprint density at radius 2 is 1.81 bits per heavy atom. The van der Waals surface area contributed by atoms with E-state index < -0.39 is 0 Å². The standard InChI is InChI=1S/C17H29NO3/c1-17(2,3)8-10-21-16-12-14(6-7-15(16)20-5)13-18-9-11-19-4/h6-7,12,18H,8-11,13H2,1-5H3. The van der Waals surface area contributed by atoms with Crippen LogP contribution in [0, 0.1) is 5.41 Å². The topological polar surface area (TPSA) is 39.7 Å². The second-order valence-corrected chi connectivity index (χ2v) is 6.31. The molecule has 0 aliphatic carbocycles. The summed E-state index contributed by atoms with van der Waals surface area (Å²) in [6.45, 7) is 9.68. The van der Waals surface area contributed by atoms with Gasteiger partial charge in [-0.1, -0.05) is 26.8 Å². The lowest BCUT2D eigenvalue weighted by atomic mass is 9.93. The number of hydrogen-bond donors (Lipinski definition) is 1. The van der Waals surface area contributed by atoms with Gasteiger partial charge in [0.1, 0.15) is 0 Å². The first-order chi connectivity index (χ1) is 9.96. The maximum absolute atomic E-state index is 5.89. The predicted octanol–water partition coefficient (Wildman–Crippen LogP) is 3.25. The second kappa shape index (κ2) is 8.90. The Labute approximate surface area is 128 Å². The lowest BCUT2D eigenvalue weighted by Crippen LogP contribution is -2.18. The van der Waals surface area contributed by atoms with Gasteiger partial charge in [0.05, 0.1) is 20.3 Å². The molecule has 4 nitrogen and oxygen atoms in total. The Kier molecular flexibility index (Phi) is 7.54. The van der Waals surface area contributed by atoms with E-state index in [1.165, 1.54) is 5.56 Å². The van der Waals surface area contributed by atoms with Crippen LogP contribution in [-0.2, 0) is 11.3 Å².